The van der Waals surface area contributed by atoms with Gasteiger partial charge in [-0.25, -0.2) is 9.97 Å². The average Bonchev–Trinajstić information content (AvgIpc) is 2.48. The van der Waals surface area contributed by atoms with Crippen LogP contribution in [0, 0.1) is 0 Å². The van der Waals surface area contributed by atoms with Gasteiger partial charge in [0.15, 0.2) is 5.52 Å². The van der Waals surface area contributed by atoms with Gasteiger partial charge in [0, 0.05) is 10.6 Å². The molecule has 0 saturated carbocycles. The van der Waals surface area contributed by atoms with Crippen LogP contribution in [-0.4, -0.2) is 21.6 Å². The Morgan fingerprint density at radius 1 is 1.05 bits per heavy atom. The van der Waals surface area contributed by atoms with E-state index in [-0.39, 0.29) is 5.95 Å². The molecule has 106 valence electrons. The van der Waals surface area contributed by atoms with Gasteiger partial charge in [0.25, 0.3) is 0 Å². The van der Waals surface area contributed by atoms with E-state index in [2.05, 4.69) is 15.0 Å². The van der Waals surface area contributed by atoms with E-state index in [4.69, 9.17) is 22.1 Å². The lowest BCUT2D eigenvalue weighted by Crippen LogP contribution is -2.02. The van der Waals surface area contributed by atoms with E-state index in [1.54, 1.807) is 0 Å². The molecule has 5 nitrogen and oxygen atoms in total. The largest absolute Gasteiger partial charge is 0.476 e. The lowest BCUT2D eigenvalue weighted by Gasteiger charge is -2.08. The van der Waals surface area contributed by atoms with Crippen molar-refractivity contribution >= 4 is 28.6 Å². The minimum Gasteiger partial charge on any atom is -0.476 e. The quantitative estimate of drug-likeness (QED) is 0.803. The van der Waals surface area contributed by atoms with Crippen LogP contribution in [0.1, 0.15) is 6.92 Å². The van der Waals surface area contributed by atoms with Gasteiger partial charge in [0.2, 0.25) is 11.8 Å². The number of nitrogens with zero attached hydrogens (tertiary/aromatic N) is 3. The maximum atomic E-state index is 5.90. The van der Waals surface area contributed by atoms with Gasteiger partial charge in [-0.1, -0.05) is 23.7 Å². The molecule has 6 heteroatoms. The first-order valence-corrected chi connectivity index (χ1v) is 6.88. The van der Waals surface area contributed by atoms with Crippen LogP contribution >= 0.6 is 11.6 Å². The van der Waals surface area contributed by atoms with E-state index in [0.29, 0.717) is 28.5 Å². The van der Waals surface area contributed by atoms with E-state index in [9.17, 15) is 0 Å². The number of nitrogens with two attached hydrogens (primary N) is 1. The molecule has 3 aromatic rings. The Morgan fingerprint density at radius 3 is 2.52 bits per heavy atom. The number of pyridine rings is 1. The normalized spacial score (nSPS) is 10.8. The van der Waals surface area contributed by atoms with Crippen LogP contribution in [0.15, 0.2) is 36.4 Å². The number of anilines is 1. The van der Waals surface area contributed by atoms with E-state index in [1.807, 2.05) is 43.3 Å². The van der Waals surface area contributed by atoms with Crippen molar-refractivity contribution in [1.29, 1.82) is 0 Å². The van der Waals surface area contributed by atoms with Gasteiger partial charge in [0.05, 0.1) is 17.8 Å². The number of ether oxygens (including phenoxy) is 1. The molecule has 0 fully saturated rings. The maximum Gasteiger partial charge on any atom is 0.245 e. The highest BCUT2D eigenvalue weighted by Gasteiger charge is 2.10. The molecule has 0 atom stereocenters. The highest BCUT2D eigenvalue weighted by molar-refractivity contribution is 6.30. The van der Waals surface area contributed by atoms with Crippen molar-refractivity contribution < 1.29 is 4.74 Å². The Morgan fingerprint density at radius 2 is 1.81 bits per heavy atom. The van der Waals surface area contributed by atoms with Crippen LogP contribution in [0.5, 0.6) is 5.88 Å². The molecule has 0 bridgehead atoms. The zero-order valence-corrected chi connectivity index (χ0v) is 12.1. The maximum absolute atomic E-state index is 5.90. The predicted molar refractivity (Wildman–Crippen MR) is 83.4 cm³/mol. The summed E-state index contributed by atoms with van der Waals surface area (Å²) in [7, 11) is 0. The fraction of sp³-hybridized carbons (Fsp3) is 0.133. The molecule has 3 rings (SSSR count). The monoisotopic (exact) mass is 300 g/mol. The van der Waals surface area contributed by atoms with Gasteiger partial charge in [0.1, 0.15) is 0 Å². The summed E-state index contributed by atoms with van der Waals surface area (Å²) in [5, 5.41) is 0.686. The second kappa shape index (κ2) is 5.54. The third kappa shape index (κ3) is 2.73. The first-order valence-electron chi connectivity index (χ1n) is 6.50. The van der Waals surface area contributed by atoms with Gasteiger partial charge < -0.3 is 10.5 Å². The van der Waals surface area contributed by atoms with Gasteiger partial charge in [-0.3, -0.25) is 0 Å². The number of hydrogen-bond acceptors (Lipinski definition) is 5. The number of benzene rings is 1. The smallest absolute Gasteiger partial charge is 0.245 e. The third-order valence-corrected chi connectivity index (χ3v) is 3.20. The summed E-state index contributed by atoms with van der Waals surface area (Å²) >= 11 is 5.90. The molecule has 0 aliphatic heterocycles. The van der Waals surface area contributed by atoms with E-state index in [1.165, 1.54) is 0 Å². The van der Waals surface area contributed by atoms with Gasteiger partial charge in [-0.05, 0) is 31.2 Å². The molecule has 0 aliphatic carbocycles. The molecule has 2 N–H and O–H groups in total. The van der Waals surface area contributed by atoms with Crippen molar-refractivity contribution in [3.05, 3.63) is 41.4 Å². The third-order valence-electron chi connectivity index (χ3n) is 2.95. The summed E-state index contributed by atoms with van der Waals surface area (Å²) < 4.78 is 5.50. The molecule has 2 aromatic heterocycles. The second-order valence-electron chi connectivity index (χ2n) is 4.39. The van der Waals surface area contributed by atoms with Crippen molar-refractivity contribution in [1.82, 2.24) is 15.0 Å². The van der Waals surface area contributed by atoms with Crippen LogP contribution in [0.2, 0.25) is 5.02 Å². The molecule has 1 aromatic carbocycles. The van der Waals surface area contributed by atoms with Gasteiger partial charge in [-0.2, -0.15) is 4.98 Å². The molecule has 0 unspecified atom stereocenters. The molecule has 2 heterocycles. The molecule has 0 amide bonds. The van der Waals surface area contributed by atoms with Gasteiger partial charge in [-0.15, -0.1) is 0 Å². The molecular weight excluding hydrogens is 288 g/mol. The van der Waals surface area contributed by atoms with E-state index >= 15 is 0 Å². The molecular formula is C15H13ClN4O. The highest BCUT2D eigenvalue weighted by atomic mass is 35.5. The number of nitrogen functional groups attached to an aromatic ring is 1. The van der Waals surface area contributed by atoms with Crippen molar-refractivity contribution in [3.63, 3.8) is 0 Å². The lowest BCUT2D eigenvalue weighted by atomic mass is 10.1. The topological polar surface area (TPSA) is 73.9 Å². The molecule has 0 aliphatic rings. The average molecular weight is 301 g/mol. The Kier molecular flexibility index (Phi) is 3.58. The summed E-state index contributed by atoms with van der Waals surface area (Å²) in [6, 6.07) is 11.2. The Labute approximate surface area is 126 Å². The fourth-order valence-corrected chi connectivity index (χ4v) is 2.15. The molecule has 0 radical (unpaired) electrons. The number of rotatable bonds is 3. The Bertz CT molecular complexity index is 790. The Hall–Kier alpha value is -2.40. The zero-order valence-electron chi connectivity index (χ0n) is 11.4. The molecule has 0 saturated heterocycles. The minimum absolute atomic E-state index is 0.173. The van der Waals surface area contributed by atoms with Crippen LogP contribution in [0.25, 0.3) is 22.3 Å². The van der Waals surface area contributed by atoms with Crippen molar-refractivity contribution in [2.75, 3.05) is 12.3 Å². The van der Waals surface area contributed by atoms with E-state index < -0.39 is 0 Å². The fourth-order valence-electron chi connectivity index (χ4n) is 2.02. The number of hydrogen-bond donors (Lipinski definition) is 1. The summed E-state index contributed by atoms with van der Waals surface area (Å²) in [6.07, 6.45) is 0. The lowest BCUT2D eigenvalue weighted by molar-refractivity contribution is 0.330. The predicted octanol–water partition coefficient (Wildman–Crippen LogP) is 3.33. The van der Waals surface area contributed by atoms with Crippen LogP contribution in [0.4, 0.5) is 5.95 Å². The number of fused-ring (bicyclic) bond motifs is 1. The molecule has 21 heavy (non-hydrogen) atoms. The number of halogens is 1. The second-order valence-corrected chi connectivity index (χ2v) is 4.83. The van der Waals surface area contributed by atoms with Crippen LogP contribution in [0.3, 0.4) is 0 Å². The standard InChI is InChI=1S/C15H13ClN4O/c1-2-21-14-13-12(19-15(17)20-14)8-7-11(18-13)9-3-5-10(16)6-4-9/h3-8H,2H2,1H3,(H2,17,19,20). The summed E-state index contributed by atoms with van der Waals surface area (Å²) in [5.41, 5.74) is 8.69. The Balaban J connectivity index is 2.16. The first-order chi connectivity index (χ1) is 10.2. The van der Waals surface area contributed by atoms with Crippen molar-refractivity contribution in [2.45, 2.75) is 6.92 Å². The highest BCUT2D eigenvalue weighted by Crippen LogP contribution is 2.26. The number of aromatic nitrogens is 3. The van der Waals surface area contributed by atoms with Crippen molar-refractivity contribution in [3.8, 4) is 17.1 Å². The van der Waals surface area contributed by atoms with E-state index in [0.717, 1.165) is 11.3 Å². The van der Waals surface area contributed by atoms with Crippen LogP contribution < -0.4 is 10.5 Å². The minimum atomic E-state index is 0.173. The molecule has 0 spiro atoms. The van der Waals surface area contributed by atoms with Crippen molar-refractivity contribution in [2.24, 2.45) is 0 Å². The summed E-state index contributed by atoms with van der Waals surface area (Å²) in [6.45, 7) is 2.37. The summed E-state index contributed by atoms with van der Waals surface area (Å²) in [4.78, 5) is 12.9. The van der Waals surface area contributed by atoms with Crippen LogP contribution in [-0.2, 0) is 0 Å². The zero-order chi connectivity index (χ0) is 14.8. The first kappa shape index (κ1) is 13.6. The van der Waals surface area contributed by atoms with Gasteiger partial charge >= 0.3 is 0 Å². The summed E-state index contributed by atoms with van der Waals surface area (Å²) in [5.74, 6) is 0.572. The SMILES string of the molecule is CCOc1nc(N)nc2ccc(-c3ccc(Cl)cc3)nc12.